The van der Waals surface area contributed by atoms with E-state index in [9.17, 15) is 5.11 Å². The molecule has 0 saturated carbocycles. The zero-order valence-electron chi connectivity index (χ0n) is 15.6. The average molecular weight is 338 g/mol. The van der Waals surface area contributed by atoms with Crippen LogP contribution in [-0.4, -0.2) is 37.3 Å². The molecule has 0 aliphatic heterocycles. The van der Waals surface area contributed by atoms with Crippen LogP contribution in [0.25, 0.3) is 0 Å². The maximum Gasteiger partial charge on any atom is 0.191 e. The molecule has 3 N–H and O–H groups in total. The van der Waals surface area contributed by atoms with Crippen LogP contribution in [0.2, 0.25) is 0 Å². The third-order valence-electron chi connectivity index (χ3n) is 3.92. The minimum atomic E-state index is 0.234. The third kappa shape index (κ3) is 9.60. The van der Waals surface area contributed by atoms with Crippen LogP contribution in [0.1, 0.15) is 52.2 Å². The van der Waals surface area contributed by atoms with Gasteiger partial charge in [0.05, 0.1) is 6.26 Å². The molecule has 0 radical (unpaired) electrons. The van der Waals surface area contributed by atoms with Crippen LogP contribution in [0.3, 0.4) is 0 Å². The topological polar surface area (TPSA) is 69.8 Å². The first-order valence-electron chi connectivity index (χ1n) is 9.31. The van der Waals surface area contributed by atoms with Crippen molar-refractivity contribution in [2.24, 2.45) is 16.8 Å². The molecule has 5 nitrogen and oxygen atoms in total. The van der Waals surface area contributed by atoms with Crippen molar-refractivity contribution in [1.29, 1.82) is 0 Å². The van der Waals surface area contributed by atoms with E-state index in [0.717, 1.165) is 63.5 Å². The highest BCUT2D eigenvalue weighted by molar-refractivity contribution is 5.79. The Morgan fingerprint density at radius 3 is 2.71 bits per heavy atom. The summed E-state index contributed by atoms with van der Waals surface area (Å²) >= 11 is 0. The highest BCUT2D eigenvalue weighted by Crippen LogP contribution is 2.15. The van der Waals surface area contributed by atoms with Crippen molar-refractivity contribution >= 4 is 5.96 Å². The van der Waals surface area contributed by atoms with E-state index in [1.54, 1.807) is 6.26 Å². The molecular weight excluding hydrogens is 302 g/mol. The number of aliphatic hydroxyl groups excluding tert-OH is 1. The number of nitrogens with zero attached hydrogens (tertiary/aromatic N) is 1. The first-order chi connectivity index (χ1) is 11.7. The van der Waals surface area contributed by atoms with E-state index >= 15 is 0 Å². The van der Waals surface area contributed by atoms with Gasteiger partial charge in [-0.3, -0.25) is 4.99 Å². The second-order valence-corrected chi connectivity index (χ2v) is 6.73. The van der Waals surface area contributed by atoms with Crippen LogP contribution in [0.5, 0.6) is 0 Å². The normalized spacial score (nSPS) is 13.3. The van der Waals surface area contributed by atoms with Crippen molar-refractivity contribution in [3.63, 3.8) is 0 Å². The van der Waals surface area contributed by atoms with Gasteiger partial charge in [0.1, 0.15) is 5.76 Å². The predicted octanol–water partition coefficient (Wildman–Crippen LogP) is 3.20. The summed E-state index contributed by atoms with van der Waals surface area (Å²) in [7, 11) is 0. The third-order valence-corrected chi connectivity index (χ3v) is 3.92. The number of rotatable bonds is 12. The van der Waals surface area contributed by atoms with Crippen molar-refractivity contribution < 1.29 is 9.52 Å². The van der Waals surface area contributed by atoms with E-state index in [2.05, 4.69) is 31.4 Å². The number of guanidine groups is 1. The van der Waals surface area contributed by atoms with Crippen LogP contribution in [0.15, 0.2) is 27.8 Å². The molecule has 1 aromatic heterocycles. The molecule has 1 atom stereocenters. The molecule has 0 spiro atoms. The lowest BCUT2D eigenvalue weighted by Crippen LogP contribution is -2.39. The second kappa shape index (κ2) is 12.9. The highest BCUT2D eigenvalue weighted by atomic mass is 16.3. The molecule has 0 bridgehead atoms. The van der Waals surface area contributed by atoms with Crippen molar-refractivity contribution in [2.45, 2.75) is 52.9 Å². The maximum absolute atomic E-state index is 9.25. The fourth-order valence-electron chi connectivity index (χ4n) is 2.67. The van der Waals surface area contributed by atoms with Gasteiger partial charge in [0.15, 0.2) is 5.96 Å². The van der Waals surface area contributed by atoms with Gasteiger partial charge in [-0.2, -0.15) is 0 Å². The molecule has 1 unspecified atom stereocenters. The Hall–Kier alpha value is -1.49. The molecule has 0 aliphatic rings. The molecule has 0 fully saturated rings. The van der Waals surface area contributed by atoms with E-state index in [0.29, 0.717) is 11.8 Å². The molecule has 1 heterocycles. The molecule has 0 aliphatic carbocycles. The number of hydrogen-bond acceptors (Lipinski definition) is 3. The quantitative estimate of drug-likeness (QED) is 0.311. The first-order valence-corrected chi connectivity index (χ1v) is 9.31. The minimum absolute atomic E-state index is 0.234. The molecular formula is C19H35N3O2. The van der Waals surface area contributed by atoms with Crippen molar-refractivity contribution in [3.8, 4) is 0 Å². The molecule has 0 saturated heterocycles. The number of hydrogen-bond donors (Lipinski definition) is 3. The lowest BCUT2D eigenvalue weighted by molar-refractivity contribution is 0.245. The van der Waals surface area contributed by atoms with Crippen molar-refractivity contribution in [2.75, 3.05) is 26.2 Å². The number of nitrogens with one attached hydrogen (secondary N) is 2. The van der Waals surface area contributed by atoms with Gasteiger partial charge in [-0.25, -0.2) is 0 Å². The predicted molar refractivity (Wildman–Crippen MR) is 100 cm³/mol. The van der Waals surface area contributed by atoms with Crippen LogP contribution >= 0.6 is 0 Å². The van der Waals surface area contributed by atoms with Crippen LogP contribution in [-0.2, 0) is 6.42 Å². The lowest BCUT2D eigenvalue weighted by atomic mass is 9.94. The second-order valence-electron chi connectivity index (χ2n) is 6.73. The molecule has 1 rings (SSSR count). The van der Waals surface area contributed by atoms with Gasteiger partial charge in [-0.1, -0.05) is 27.2 Å². The zero-order valence-corrected chi connectivity index (χ0v) is 15.6. The highest BCUT2D eigenvalue weighted by Gasteiger charge is 2.10. The molecule has 0 aromatic carbocycles. The largest absolute Gasteiger partial charge is 0.469 e. The first kappa shape index (κ1) is 20.6. The number of aliphatic hydroxyl groups is 1. The summed E-state index contributed by atoms with van der Waals surface area (Å²) in [6.07, 6.45) is 6.75. The summed E-state index contributed by atoms with van der Waals surface area (Å²) in [6, 6.07) is 3.90. The van der Waals surface area contributed by atoms with E-state index < -0.39 is 0 Å². The molecule has 1 aromatic rings. The Labute approximate surface area is 146 Å². The van der Waals surface area contributed by atoms with Gasteiger partial charge in [-0.05, 0) is 43.2 Å². The SMILES string of the molecule is CCCCNC(=NCC(CCO)CC(C)C)NCCc1ccco1. The van der Waals surface area contributed by atoms with Gasteiger partial charge in [0.25, 0.3) is 0 Å². The Balaban J connectivity index is 2.50. The lowest BCUT2D eigenvalue weighted by Gasteiger charge is -2.18. The van der Waals surface area contributed by atoms with Crippen molar-refractivity contribution in [3.05, 3.63) is 24.2 Å². The monoisotopic (exact) mass is 337 g/mol. The summed E-state index contributed by atoms with van der Waals surface area (Å²) in [6.45, 7) is 9.32. The number of aliphatic imine (C=N–C) groups is 1. The Morgan fingerprint density at radius 2 is 2.08 bits per heavy atom. The minimum Gasteiger partial charge on any atom is -0.469 e. The Bertz CT molecular complexity index is 430. The molecule has 138 valence electrons. The molecule has 0 amide bonds. The Morgan fingerprint density at radius 1 is 1.29 bits per heavy atom. The zero-order chi connectivity index (χ0) is 17.6. The standard InChI is InChI=1S/C19H35N3O2/c1-4-5-10-20-19(21-11-8-18-7-6-13-24-18)22-15-17(9-12-23)14-16(2)3/h6-7,13,16-17,23H,4-5,8-12,14-15H2,1-3H3,(H2,20,21,22). The Kier molecular flexibility index (Phi) is 11.0. The van der Waals surface area contributed by atoms with Gasteiger partial charge in [0.2, 0.25) is 0 Å². The summed E-state index contributed by atoms with van der Waals surface area (Å²) < 4.78 is 5.36. The van der Waals surface area contributed by atoms with Gasteiger partial charge < -0.3 is 20.2 Å². The van der Waals surface area contributed by atoms with Crippen molar-refractivity contribution in [1.82, 2.24) is 10.6 Å². The fourth-order valence-corrected chi connectivity index (χ4v) is 2.67. The summed E-state index contributed by atoms with van der Waals surface area (Å²) in [5, 5.41) is 16.0. The van der Waals surface area contributed by atoms with Gasteiger partial charge in [0, 0.05) is 32.7 Å². The number of unbranched alkanes of at least 4 members (excludes halogenated alkanes) is 1. The molecule has 24 heavy (non-hydrogen) atoms. The van der Waals surface area contributed by atoms with Crippen LogP contribution < -0.4 is 10.6 Å². The van der Waals surface area contributed by atoms with E-state index in [1.165, 1.54) is 0 Å². The smallest absolute Gasteiger partial charge is 0.191 e. The number of furan rings is 1. The van der Waals surface area contributed by atoms with Gasteiger partial charge in [-0.15, -0.1) is 0 Å². The summed E-state index contributed by atoms with van der Waals surface area (Å²) in [5.74, 6) is 2.90. The van der Waals surface area contributed by atoms with E-state index in [1.807, 2.05) is 12.1 Å². The van der Waals surface area contributed by atoms with Gasteiger partial charge >= 0.3 is 0 Å². The summed E-state index contributed by atoms with van der Waals surface area (Å²) in [4.78, 5) is 4.74. The molecule has 5 heteroatoms. The fraction of sp³-hybridized carbons (Fsp3) is 0.737. The van der Waals surface area contributed by atoms with E-state index in [-0.39, 0.29) is 6.61 Å². The van der Waals surface area contributed by atoms with E-state index in [4.69, 9.17) is 9.41 Å². The maximum atomic E-state index is 9.25. The van der Waals surface area contributed by atoms with Crippen LogP contribution in [0.4, 0.5) is 0 Å². The summed E-state index contributed by atoms with van der Waals surface area (Å²) in [5.41, 5.74) is 0. The average Bonchev–Trinajstić information content (AvgIpc) is 3.05. The van der Waals surface area contributed by atoms with Crippen LogP contribution in [0, 0.1) is 11.8 Å².